The molecule has 1 atom stereocenters. The number of aliphatic hydroxyl groups excluding tert-OH is 1. The lowest BCUT2D eigenvalue weighted by molar-refractivity contribution is -0.138. The standard InChI is InChI=1S/C17H25FO2/c1-12-5-6-13(18)11-14(12)15(19)17(20-4)9-7-16(2,3)8-10-17/h5-6,11,15,19H,7-10H2,1-4H3. The highest BCUT2D eigenvalue weighted by atomic mass is 19.1. The summed E-state index contributed by atoms with van der Waals surface area (Å²) in [5.41, 5.74) is 1.25. The monoisotopic (exact) mass is 280 g/mol. The van der Waals surface area contributed by atoms with Gasteiger partial charge in [-0.3, -0.25) is 0 Å². The first kappa shape index (κ1) is 15.5. The van der Waals surface area contributed by atoms with Gasteiger partial charge in [0.2, 0.25) is 0 Å². The number of aryl methyl sites for hydroxylation is 1. The second-order valence-corrected chi connectivity index (χ2v) is 6.84. The van der Waals surface area contributed by atoms with Gasteiger partial charge in [-0.2, -0.15) is 0 Å². The summed E-state index contributed by atoms with van der Waals surface area (Å²) in [6.45, 7) is 6.38. The van der Waals surface area contributed by atoms with E-state index < -0.39 is 11.7 Å². The second kappa shape index (κ2) is 5.45. The van der Waals surface area contributed by atoms with Crippen molar-refractivity contribution in [3.05, 3.63) is 35.1 Å². The van der Waals surface area contributed by atoms with E-state index in [1.165, 1.54) is 12.1 Å². The molecular weight excluding hydrogens is 255 g/mol. The molecule has 0 radical (unpaired) electrons. The average Bonchev–Trinajstić information content (AvgIpc) is 2.41. The Bertz CT molecular complexity index is 472. The molecule has 0 aliphatic heterocycles. The van der Waals surface area contributed by atoms with Crippen LogP contribution in [-0.4, -0.2) is 17.8 Å². The summed E-state index contributed by atoms with van der Waals surface area (Å²) >= 11 is 0. The van der Waals surface area contributed by atoms with Gasteiger partial charge in [-0.1, -0.05) is 19.9 Å². The van der Waals surface area contributed by atoms with Crippen molar-refractivity contribution in [3.8, 4) is 0 Å². The fourth-order valence-electron chi connectivity index (χ4n) is 3.13. The molecule has 20 heavy (non-hydrogen) atoms. The predicted molar refractivity (Wildman–Crippen MR) is 78.1 cm³/mol. The highest BCUT2D eigenvalue weighted by molar-refractivity contribution is 5.30. The minimum absolute atomic E-state index is 0.290. The van der Waals surface area contributed by atoms with Crippen LogP contribution in [0, 0.1) is 18.2 Å². The first-order valence-corrected chi connectivity index (χ1v) is 7.29. The Morgan fingerprint density at radius 3 is 2.35 bits per heavy atom. The molecule has 3 heteroatoms. The number of hydrogen-bond donors (Lipinski definition) is 1. The molecular formula is C17H25FO2. The minimum atomic E-state index is -0.778. The summed E-state index contributed by atoms with van der Waals surface area (Å²) in [6, 6.07) is 4.57. The second-order valence-electron chi connectivity index (χ2n) is 6.84. The summed E-state index contributed by atoms with van der Waals surface area (Å²) in [6.07, 6.45) is 2.83. The van der Waals surface area contributed by atoms with Crippen LogP contribution in [0.1, 0.15) is 56.8 Å². The third-order valence-corrected chi connectivity index (χ3v) is 4.89. The first-order valence-electron chi connectivity index (χ1n) is 7.29. The number of benzene rings is 1. The quantitative estimate of drug-likeness (QED) is 0.901. The zero-order chi connectivity index (χ0) is 15.0. The normalized spacial score (nSPS) is 22.5. The third-order valence-electron chi connectivity index (χ3n) is 4.89. The third kappa shape index (κ3) is 2.89. The fourth-order valence-corrected chi connectivity index (χ4v) is 3.13. The van der Waals surface area contributed by atoms with Crippen molar-refractivity contribution in [1.29, 1.82) is 0 Å². The van der Waals surface area contributed by atoms with Gasteiger partial charge >= 0.3 is 0 Å². The molecule has 0 amide bonds. The molecule has 0 bridgehead atoms. The van der Waals surface area contributed by atoms with E-state index in [-0.39, 0.29) is 5.82 Å². The highest BCUT2D eigenvalue weighted by Crippen LogP contribution is 2.47. The molecule has 1 fully saturated rings. The average molecular weight is 280 g/mol. The van der Waals surface area contributed by atoms with Crippen LogP contribution in [0.4, 0.5) is 4.39 Å². The lowest BCUT2D eigenvalue weighted by Gasteiger charge is -2.45. The molecule has 0 spiro atoms. The molecule has 0 heterocycles. The van der Waals surface area contributed by atoms with E-state index in [9.17, 15) is 9.50 Å². The van der Waals surface area contributed by atoms with Crippen molar-refractivity contribution in [2.45, 2.75) is 58.2 Å². The molecule has 0 aromatic heterocycles. The number of aliphatic hydroxyl groups is 1. The Morgan fingerprint density at radius 1 is 1.20 bits per heavy atom. The Morgan fingerprint density at radius 2 is 1.80 bits per heavy atom. The van der Waals surface area contributed by atoms with Gasteiger partial charge < -0.3 is 9.84 Å². The van der Waals surface area contributed by atoms with Gasteiger partial charge in [-0.25, -0.2) is 4.39 Å². The Labute approximate surface area is 121 Å². The zero-order valence-corrected chi connectivity index (χ0v) is 12.9. The summed E-state index contributed by atoms with van der Waals surface area (Å²) in [7, 11) is 1.65. The molecule has 2 rings (SSSR count). The van der Waals surface area contributed by atoms with E-state index in [0.29, 0.717) is 11.0 Å². The summed E-state index contributed by atoms with van der Waals surface area (Å²) in [4.78, 5) is 0. The van der Waals surface area contributed by atoms with Crippen LogP contribution in [0.2, 0.25) is 0 Å². The molecule has 0 saturated heterocycles. The molecule has 1 aromatic carbocycles. The maximum Gasteiger partial charge on any atom is 0.123 e. The van der Waals surface area contributed by atoms with E-state index in [1.54, 1.807) is 13.2 Å². The highest BCUT2D eigenvalue weighted by Gasteiger charge is 2.44. The maximum absolute atomic E-state index is 13.5. The first-order chi connectivity index (χ1) is 9.30. The van der Waals surface area contributed by atoms with Gasteiger partial charge in [-0.05, 0) is 61.3 Å². The Hall–Kier alpha value is -0.930. The van der Waals surface area contributed by atoms with Crippen LogP contribution >= 0.6 is 0 Å². The van der Waals surface area contributed by atoms with Gasteiger partial charge in [-0.15, -0.1) is 0 Å². The number of methoxy groups -OCH3 is 1. The minimum Gasteiger partial charge on any atom is -0.385 e. The SMILES string of the molecule is COC1(C(O)c2cc(F)ccc2C)CCC(C)(C)CC1. The molecule has 1 saturated carbocycles. The number of halogens is 1. The van der Waals surface area contributed by atoms with Gasteiger partial charge in [0.25, 0.3) is 0 Å². The molecule has 1 aliphatic carbocycles. The molecule has 2 nitrogen and oxygen atoms in total. The summed E-state index contributed by atoms with van der Waals surface area (Å²) in [5, 5.41) is 10.8. The van der Waals surface area contributed by atoms with Crippen molar-refractivity contribution in [1.82, 2.24) is 0 Å². The summed E-state index contributed by atoms with van der Waals surface area (Å²) in [5.74, 6) is -0.313. The van der Waals surface area contributed by atoms with E-state index in [2.05, 4.69) is 13.8 Å². The van der Waals surface area contributed by atoms with Crippen LogP contribution in [-0.2, 0) is 4.74 Å². The van der Waals surface area contributed by atoms with Gasteiger partial charge in [0.05, 0.1) is 5.60 Å². The van der Waals surface area contributed by atoms with Crippen molar-refractivity contribution in [3.63, 3.8) is 0 Å². The van der Waals surface area contributed by atoms with Crippen molar-refractivity contribution in [2.75, 3.05) is 7.11 Å². The largest absolute Gasteiger partial charge is 0.385 e. The molecule has 1 N–H and O–H groups in total. The van der Waals surface area contributed by atoms with Crippen LogP contribution in [0.15, 0.2) is 18.2 Å². The Balaban J connectivity index is 2.30. The zero-order valence-electron chi connectivity index (χ0n) is 12.9. The number of hydrogen-bond acceptors (Lipinski definition) is 2. The molecule has 1 aromatic rings. The van der Waals surface area contributed by atoms with Crippen molar-refractivity contribution < 1.29 is 14.2 Å². The molecule has 1 aliphatic rings. The van der Waals surface area contributed by atoms with Crippen LogP contribution in [0.5, 0.6) is 0 Å². The van der Waals surface area contributed by atoms with E-state index in [4.69, 9.17) is 4.74 Å². The molecule has 1 unspecified atom stereocenters. The fraction of sp³-hybridized carbons (Fsp3) is 0.647. The van der Waals surface area contributed by atoms with Gasteiger partial charge in [0.15, 0.2) is 0 Å². The van der Waals surface area contributed by atoms with Gasteiger partial charge in [0, 0.05) is 7.11 Å². The maximum atomic E-state index is 13.5. The molecule has 112 valence electrons. The predicted octanol–water partition coefficient (Wildman–Crippen LogP) is 4.15. The summed E-state index contributed by atoms with van der Waals surface area (Å²) < 4.78 is 19.2. The number of rotatable bonds is 3. The van der Waals surface area contributed by atoms with Gasteiger partial charge in [0.1, 0.15) is 11.9 Å². The topological polar surface area (TPSA) is 29.5 Å². The van der Waals surface area contributed by atoms with E-state index >= 15 is 0 Å². The van der Waals surface area contributed by atoms with Crippen LogP contribution in [0.25, 0.3) is 0 Å². The van der Waals surface area contributed by atoms with Crippen LogP contribution in [0.3, 0.4) is 0 Å². The Kier molecular flexibility index (Phi) is 4.22. The van der Waals surface area contributed by atoms with E-state index in [0.717, 1.165) is 31.2 Å². The van der Waals surface area contributed by atoms with E-state index in [1.807, 2.05) is 6.92 Å². The lowest BCUT2D eigenvalue weighted by Crippen LogP contribution is -2.44. The van der Waals surface area contributed by atoms with Crippen LogP contribution < -0.4 is 0 Å². The lowest BCUT2D eigenvalue weighted by atomic mass is 9.68. The number of ether oxygens (including phenoxy) is 1. The van der Waals surface area contributed by atoms with Crippen molar-refractivity contribution in [2.24, 2.45) is 5.41 Å². The van der Waals surface area contributed by atoms with Crippen molar-refractivity contribution >= 4 is 0 Å². The smallest absolute Gasteiger partial charge is 0.123 e.